The maximum absolute atomic E-state index is 11.3. The van der Waals surface area contributed by atoms with Crippen LogP contribution in [0, 0.1) is 0 Å². The second kappa shape index (κ2) is 12.5. The Bertz CT molecular complexity index is 103. The third-order valence-electron chi connectivity index (χ3n) is 1.95. The van der Waals surface area contributed by atoms with Gasteiger partial charge in [-0.05, 0) is 12.8 Å². The van der Waals surface area contributed by atoms with Crippen molar-refractivity contribution in [2.75, 3.05) is 11.5 Å². The molecule has 0 saturated carbocycles. The molecule has 0 fully saturated rings. The Morgan fingerprint density at radius 3 is 1.54 bits per heavy atom. The summed E-state index contributed by atoms with van der Waals surface area (Å²) in [5.74, 6) is 1.86. The van der Waals surface area contributed by atoms with E-state index in [0.29, 0.717) is 0 Å². The molecule has 0 unspecified atom stereocenters. The van der Waals surface area contributed by atoms with Gasteiger partial charge in [0.2, 0.25) is 0 Å². The van der Waals surface area contributed by atoms with Gasteiger partial charge < -0.3 is 0 Å². The number of hydrogen-bond donors (Lipinski definition) is 0. The molecule has 0 spiro atoms. The predicted octanol–water partition coefficient (Wildman–Crippen LogP) is 3.23. The van der Waals surface area contributed by atoms with E-state index in [-0.39, 0.29) is 13.5 Å². The quantitative estimate of drug-likeness (QED) is 0.579. The SMILES string of the molecule is CCCCCS(=O)CCCCC.S. The average Bonchev–Trinajstić information content (AvgIpc) is 2.06. The van der Waals surface area contributed by atoms with E-state index in [4.69, 9.17) is 0 Å². The van der Waals surface area contributed by atoms with Gasteiger partial charge in [-0.15, -0.1) is 0 Å². The van der Waals surface area contributed by atoms with Crippen LogP contribution in [-0.4, -0.2) is 15.7 Å². The van der Waals surface area contributed by atoms with E-state index in [0.717, 1.165) is 24.3 Å². The van der Waals surface area contributed by atoms with Crippen molar-refractivity contribution in [1.82, 2.24) is 0 Å². The van der Waals surface area contributed by atoms with Crippen molar-refractivity contribution in [3.05, 3.63) is 0 Å². The van der Waals surface area contributed by atoms with Crippen LogP contribution in [0.4, 0.5) is 0 Å². The van der Waals surface area contributed by atoms with Gasteiger partial charge in [0.05, 0.1) is 0 Å². The van der Waals surface area contributed by atoms with Crippen LogP contribution in [0.2, 0.25) is 0 Å². The van der Waals surface area contributed by atoms with Gasteiger partial charge in [-0.2, -0.15) is 13.5 Å². The number of rotatable bonds is 8. The Morgan fingerprint density at radius 2 is 1.23 bits per heavy atom. The molecule has 0 radical (unpaired) electrons. The van der Waals surface area contributed by atoms with Gasteiger partial charge in [-0.1, -0.05) is 39.5 Å². The molecule has 82 valence electrons. The molecule has 0 aliphatic heterocycles. The lowest BCUT2D eigenvalue weighted by Gasteiger charge is -2.00. The van der Waals surface area contributed by atoms with E-state index in [1.807, 2.05) is 0 Å². The van der Waals surface area contributed by atoms with Gasteiger partial charge in [-0.3, -0.25) is 4.21 Å². The van der Waals surface area contributed by atoms with E-state index in [1.54, 1.807) is 0 Å². The molecule has 0 bridgehead atoms. The van der Waals surface area contributed by atoms with Gasteiger partial charge in [-0.25, -0.2) is 0 Å². The summed E-state index contributed by atoms with van der Waals surface area (Å²) in [5.41, 5.74) is 0. The summed E-state index contributed by atoms with van der Waals surface area (Å²) >= 11 is 0. The first-order valence-electron chi connectivity index (χ1n) is 5.16. The van der Waals surface area contributed by atoms with Gasteiger partial charge in [0.1, 0.15) is 0 Å². The van der Waals surface area contributed by atoms with Crippen molar-refractivity contribution < 1.29 is 4.21 Å². The van der Waals surface area contributed by atoms with Crippen molar-refractivity contribution in [3.8, 4) is 0 Å². The molecule has 0 N–H and O–H groups in total. The van der Waals surface area contributed by atoms with E-state index in [1.165, 1.54) is 25.7 Å². The van der Waals surface area contributed by atoms with E-state index >= 15 is 0 Å². The zero-order chi connectivity index (χ0) is 9.23. The number of hydrogen-bond acceptors (Lipinski definition) is 1. The highest BCUT2D eigenvalue weighted by Gasteiger charge is 1.97. The fraction of sp³-hybridized carbons (Fsp3) is 1.00. The molecule has 0 heterocycles. The molecule has 0 aromatic carbocycles. The van der Waals surface area contributed by atoms with Gasteiger partial charge in [0, 0.05) is 22.3 Å². The number of unbranched alkanes of at least 4 members (excludes halogenated alkanes) is 4. The van der Waals surface area contributed by atoms with Gasteiger partial charge in [0.25, 0.3) is 0 Å². The fourth-order valence-corrected chi connectivity index (χ4v) is 2.38. The summed E-state index contributed by atoms with van der Waals surface area (Å²) in [5, 5.41) is 0. The maximum Gasteiger partial charge on any atom is 0.0234 e. The molecule has 0 aliphatic carbocycles. The zero-order valence-electron chi connectivity index (χ0n) is 8.97. The highest BCUT2D eigenvalue weighted by Crippen LogP contribution is 2.00. The second-order valence-corrected chi connectivity index (χ2v) is 4.96. The molecule has 0 saturated heterocycles. The molecule has 1 nitrogen and oxygen atoms in total. The minimum absolute atomic E-state index is 0. The summed E-state index contributed by atoms with van der Waals surface area (Å²) in [6, 6.07) is 0. The largest absolute Gasteiger partial charge is 0.260 e. The molecular formula is C10H24OS2. The maximum atomic E-state index is 11.3. The van der Waals surface area contributed by atoms with Gasteiger partial charge >= 0.3 is 0 Å². The molecule has 0 aromatic heterocycles. The lowest BCUT2D eigenvalue weighted by Crippen LogP contribution is -2.02. The normalized spacial score (nSPS) is 10.1. The van der Waals surface area contributed by atoms with Crippen LogP contribution in [0.1, 0.15) is 52.4 Å². The predicted molar refractivity (Wildman–Crippen MR) is 67.3 cm³/mol. The van der Waals surface area contributed by atoms with Crippen molar-refractivity contribution in [1.29, 1.82) is 0 Å². The minimum atomic E-state index is -0.523. The first-order valence-corrected chi connectivity index (χ1v) is 6.65. The van der Waals surface area contributed by atoms with Crippen LogP contribution < -0.4 is 0 Å². The molecule has 0 atom stereocenters. The van der Waals surface area contributed by atoms with Crippen LogP contribution in [0.5, 0.6) is 0 Å². The lowest BCUT2D eigenvalue weighted by atomic mass is 10.3. The van der Waals surface area contributed by atoms with Crippen LogP contribution >= 0.6 is 13.5 Å². The van der Waals surface area contributed by atoms with Crippen molar-refractivity contribution in [2.24, 2.45) is 0 Å². The van der Waals surface area contributed by atoms with Crippen LogP contribution in [0.15, 0.2) is 0 Å². The van der Waals surface area contributed by atoms with Crippen molar-refractivity contribution in [3.63, 3.8) is 0 Å². The average molecular weight is 224 g/mol. The molecule has 13 heavy (non-hydrogen) atoms. The Balaban J connectivity index is 0. The monoisotopic (exact) mass is 224 g/mol. The molecule has 0 rings (SSSR count). The summed E-state index contributed by atoms with van der Waals surface area (Å²) in [4.78, 5) is 0. The molecule has 3 heteroatoms. The summed E-state index contributed by atoms with van der Waals surface area (Å²) in [7, 11) is -0.523. The minimum Gasteiger partial charge on any atom is -0.260 e. The highest BCUT2D eigenvalue weighted by atomic mass is 32.2. The molecule has 0 amide bonds. The summed E-state index contributed by atoms with van der Waals surface area (Å²) in [6.07, 6.45) is 7.22. The summed E-state index contributed by atoms with van der Waals surface area (Å²) < 4.78 is 11.3. The van der Waals surface area contributed by atoms with E-state index in [9.17, 15) is 4.21 Å². The standard InChI is InChI=1S/C10H22OS.H2S/c1-3-5-7-9-12(11)10-8-6-4-2;/h3-10H2,1-2H3;1H2. The lowest BCUT2D eigenvalue weighted by molar-refractivity contribution is 0.669. The molecule has 0 aliphatic rings. The summed E-state index contributed by atoms with van der Waals surface area (Å²) in [6.45, 7) is 4.36. The topological polar surface area (TPSA) is 17.1 Å². The van der Waals surface area contributed by atoms with Crippen LogP contribution in [0.3, 0.4) is 0 Å². The third-order valence-corrected chi connectivity index (χ3v) is 3.44. The van der Waals surface area contributed by atoms with Crippen LogP contribution in [0.25, 0.3) is 0 Å². The Kier molecular flexibility index (Phi) is 15.3. The van der Waals surface area contributed by atoms with Crippen molar-refractivity contribution >= 4 is 24.3 Å². The Hall–Kier alpha value is 0.500. The van der Waals surface area contributed by atoms with E-state index in [2.05, 4.69) is 13.8 Å². The van der Waals surface area contributed by atoms with Crippen molar-refractivity contribution in [2.45, 2.75) is 52.4 Å². The third kappa shape index (κ3) is 12.5. The molecular weight excluding hydrogens is 200 g/mol. The first-order chi connectivity index (χ1) is 5.81. The second-order valence-electron chi connectivity index (χ2n) is 3.26. The Morgan fingerprint density at radius 1 is 0.846 bits per heavy atom. The first kappa shape index (κ1) is 15.9. The fourth-order valence-electron chi connectivity index (χ4n) is 1.13. The van der Waals surface area contributed by atoms with Crippen LogP contribution in [-0.2, 0) is 10.8 Å². The Labute approximate surface area is 92.6 Å². The highest BCUT2D eigenvalue weighted by molar-refractivity contribution is 7.84. The van der Waals surface area contributed by atoms with Gasteiger partial charge in [0.15, 0.2) is 0 Å². The smallest absolute Gasteiger partial charge is 0.0234 e. The zero-order valence-corrected chi connectivity index (χ0v) is 10.8. The molecule has 0 aromatic rings. The van der Waals surface area contributed by atoms with E-state index < -0.39 is 10.8 Å².